The molecule has 3 heterocycles. The minimum atomic E-state index is 0.581. The zero-order valence-corrected chi connectivity index (χ0v) is 25.6. The number of aromatic nitrogens is 3. The highest BCUT2D eigenvalue weighted by Crippen LogP contribution is 2.41. The van der Waals surface area contributed by atoms with Gasteiger partial charge < -0.3 is 8.83 Å². The predicted octanol–water partition coefficient (Wildman–Crippen LogP) is 11.5. The summed E-state index contributed by atoms with van der Waals surface area (Å²) >= 11 is 0. The maximum absolute atomic E-state index is 6.50. The first-order valence-electron chi connectivity index (χ1n) is 15.9. The van der Waals surface area contributed by atoms with Crippen LogP contribution in [0.25, 0.3) is 99.9 Å². The van der Waals surface area contributed by atoms with Crippen LogP contribution in [-0.4, -0.2) is 15.0 Å². The third-order valence-corrected chi connectivity index (χ3v) is 9.11. The van der Waals surface area contributed by atoms with E-state index in [2.05, 4.69) is 72.8 Å². The lowest BCUT2D eigenvalue weighted by Gasteiger charge is -2.11. The Labute approximate surface area is 274 Å². The average molecular weight is 616 g/mol. The summed E-state index contributed by atoms with van der Waals surface area (Å²) in [5.74, 6) is 1.81. The summed E-state index contributed by atoms with van der Waals surface area (Å²) in [6, 6.07) is 51.6. The molecule has 0 bridgehead atoms. The fourth-order valence-electron chi connectivity index (χ4n) is 6.85. The van der Waals surface area contributed by atoms with Gasteiger partial charge in [0.2, 0.25) is 0 Å². The summed E-state index contributed by atoms with van der Waals surface area (Å²) in [7, 11) is 0. The van der Waals surface area contributed by atoms with Gasteiger partial charge in [0, 0.05) is 38.2 Å². The molecule has 0 saturated carbocycles. The van der Waals surface area contributed by atoms with Gasteiger partial charge in [-0.15, -0.1) is 0 Å². The van der Waals surface area contributed by atoms with Crippen LogP contribution in [0.5, 0.6) is 0 Å². The van der Waals surface area contributed by atoms with Crippen LogP contribution in [0.15, 0.2) is 160 Å². The Morgan fingerprint density at radius 2 is 0.938 bits per heavy atom. The third-order valence-electron chi connectivity index (χ3n) is 9.11. The standard InChI is InChI=1S/C43H25N3O2/c1-3-12-27(13-4-1)41-44-42(28-14-5-2-6-15-28)46-43(45-41)34-23-30(25-38-40(34)32-17-9-10-18-35(32)47-38)29-19-21-33-37(24-29)48-36-22-20-26-11-7-8-16-31(26)39(33)36/h1-25H. The van der Waals surface area contributed by atoms with Crippen LogP contribution in [-0.2, 0) is 0 Å². The van der Waals surface area contributed by atoms with Crippen molar-refractivity contribution < 1.29 is 8.83 Å². The van der Waals surface area contributed by atoms with Gasteiger partial charge in [0.15, 0.2) is 17.5 Å². The third kappa shape index (κ3) is 4.22. The summed E-state index contributed by atoms with van der Waals surface area (Å²) in [6.45, 7) is 0. The van der Waals surface area contributed by atoms with Gasteiger partial charge in [0.1, 0.15) is 22.3 Å². The Bertz CT molecular complexity index is 2780. The van der Waals surface area contributed by atoms with Crippen molar-refractivity contribution in [1.82, 2.24) is 15.0 Å². The average Bonchev–Trinajstić information content (AvgIpc) is 3.73. The van der Waals surface area contributed by atoms with E-state index in [1.165, 1.54) is 10.8 Å². The first-order valence-corrected chi connectivity index (χ1v) is 15.9. The van der Waals surface area contributed by atoms with Crippen molar-refractivity contribution in [2.24, 2.45) is 0 Å². The summed E-state index contributed by atoms with van der Waals surface area (Å²) in [4.78, 5) is 15.1. The van der Waals surface area contributed by atoms with Crippen molar-refractivity contribution in [3.05, 3.63) is 152 Å². The van der Waals surface area contributed by atoms with Crippen LogP contribution >= 0.6 is 0 Å². The molecule has 0 aliphatic carbocycles. The van der Waals surface area contributed by atoms with E-state index in [-0.39, 0.29) is 0 Å². The molecule has 0 radical (unpaired) electrons. The van der Waals surface area contributed by atoms with E-state index in [9.17, 15) is 0 Å². The second kappa shape index (κ2) is 10.5. The molecule has 0 fully saturated rings. The van der Waals surface area contributed by atoms with Gasteiger partial charge in [-0.05, 0) is 58.3 Å². The van der Waals surface area contributed by atoms with E-state index in [1.54, 1.807) is 0 Å². The monoisotopic (exact) mass is 615 g/mol. The molecule has 0 aliphatic rings. The van der Waals surface area contributed by atoms with E-state index in [4.69, 9.17) is 23.8 Å². The number of hydrogen-bond acceptors (Lipinski definition) is 5. The quantitative estimate of drug-likeness (QED) is 0.197. The molecule has 0 N–H and O–H groups in total. The van der Waals surface area contributed by atoms with Gasteiger partial charge in [-0.3, -0.25) is 0 Å². The lowest BCUT2D eigenvalue weighted by molar-refractivity contribution is 0.668. The van der Waals surface area contributed by atoms with Gasteiger partial charge in [0.25, 0.3) is 0 Å². The second-order valence-electron chi connectivity index (χ2n) is 12.0. The normalized spacial score (nSPS) is 11.8. The van der Waals surface area contributed by atoms with Crippen LogP contribution in [0.1, 0.15) is 0 Å². The second-order valence-corrected chi connectivity index (χ2v) is 12.0. The number of hydrogen-bond donors (Lipinski definition) is 0. The molecule has 10 aromatic rings. The predicted molar refractivity (Wildman–Crippen MR) is 194 cm³/mol. The zero-order chi connectivity index (χ0) is 31.6. The highest BCUT2D eigenvalue weighted by atomic mass is 16.3. The minimum Gasteiger partial charge on any atom is -0.456 e. The number of para-hydroxylation sites is 1. The van der Waals surface area contributed by atoms with E-state index >= 15 is 0 Å². The van der Waals surface area contributed by atoms with Crippen molar-refractivity contribution in [2.75, 3.05) is 0 Å². The van der Waals surface area contributed by atoms with Crippen LogP contribution in [0, 0.1) is 0 Å². The van der Waals surface area contributed by atoms with E-state index in [1.807, 2.05) is 78.9 Å². The van der Waals surface area contributed by atoms with Crippen LogP contribution in [0.2, 0.25) is 0 Å². The molecule has 5 nitrogen and oxygen atoms in total. The number of rotatable bonds is 4. The number of benzene rings is 7. The molecular formula is C43H25N3O2. The zero-order valence-electron chi connectivity index (χ0n) is 25.6. The highest BCUT2D eigenvalue weighted by molar-refractivity contribution is 6.19. The van der Waals surface area contributed by atoms with Crippen LogP contribution in [0.3, 0.4) is 0 Å². The molecule has 0 atom stereocenters. The van der Waals surface area contributed by atoms with E-state index in [0.717, 1.165) is 71.7 Å². The molecule has 7 aromatic carbocycles. The fraction of sp³-hybridized carbons (Fsp3) is 0. The van der Waals surface area contributed by atoms with Crippen LogP contribution < -0.4 is 0 Å². The Hall–Kier alpha value is -6.59. The summed E-state index contributed by atoms with van der Waals surface area (Å²) in [5.41, 5.74) is 8.00. The molecule has 224 valence electrons. The van der Waals surface area contributed by atoms with E-state index in [0.29, 0.717) is 17.5 Å². The van der Waals surface area contributed by atoms with Gasteiger partial charge in [0.05, 0.1) is 0 Å². The molecule has 0 amide bonds. The van der Waals surface area contributed by atoms with Crippen molar-refractivity contribution in [2.45, 2.75) is 0 Å². The van der Waals surface area contributed by atoms with Crippen molar-refractivity contribution in [3.8, 4) is 45.3 Å². The Kier molecular flexibility index (Phi) is 5.81. The van der Waals surface area contributed by atoms with Gasteiger partial charge in [-0.25, -0.2) is 15.0 Å². The maximum atomic E-state index is 6.50. The Balaban J connectivity index is 1.23. The molecule has 0 aliphatic heterocycles. The van der Waals surface area contributed by atoms with Gasteiger partial charge in [-0.1, -0.05) is 115 Å². The van der Waals surface area contributed by atoms with Gasteiger partial charge >= 0.3 is 0 Å². The molecule has 48 heavy (non-hydrogen) atoms. The lowest BCUT2D eigenvalue weighted by Crippen LogP contribution is -2.00. The SMILES string of the molecule is c1ccc(-c2nc(-c3ccccc3)nc(-c3cc(-c4ccc5c(c4)oc4ccc6ccccc6c45)cc4oc5ccccc5c34)n2)cc1. The molecule has 5 heteroatoms. The summed E-state index contributed by atoms with van der Waals surface area (Å²) in [6.07, 6.45) is 0. The molecule has 10 rings (SSSR count). The first kappa shape index (κ1) is 26.6. The van der Waals surface area contributed by atoms with Crippen molar-refractivity contribution in [3.63, 3.8) is 0 Å². The fourth-order valence-corrected chi connectivity index (χ4v) is 6.85. The highest BCUT2D eigenvalue weighted by Gasteiger charge is 2.20. The molecule has 0 spiro atoms. The molecule has 0 unspecified atom stereocenters. The minimum absolute atomic E-state index is 0.581. The number of furan rings is 2. The van der Waals surface area contributed by atoms with E-state index < -0.39 is 0 Å². The lowest BCUT2D eigenvalue weighted by atomic mass is 9.97. The number of nitrogens with zero attached hydrogens (tertiary/aromatic N) is 3. The van der Waals surface area contributed by atoms with Gasteiger partial charge in [-0.2, -0.15) is 0 Å². The maximum Gasteiger partial charge on any atom is 0.164 e. The Morgan fingerprint density at radius 3 is 1.71 bits per heavy atom. The largest absolute Gasteiger partial charge is 0.456 e. The summed E-state index contributed by atoms with van der Waals surface area (Å²) < 4.78 is 12.9. The topological polar surface area (TPSA) is 65.0 Å². The molecule has 3 aromatic heterocycles. The first-order chi connectivity index (χ1) is 23.8. The van der Waals surface area contributed by atoms with Crippen molar-refractivity contribution in [1.29, 1.82) is 0 Å². The smallest absolute Gasteiger partial charge is 0.164 e. The molecular weight excluding hydrogens is 590 g/mol. The van der Waals surface area contributed by atoms with Crippen molar-refractivity contribution >= 4 is 54.6 Å². The number of fused-ring (bicyclic) bond motifs is 8. The molecule has 0 saturated heterocycles. The Morgan fingerprint density at radius 1 is 0.333 bits per heavy atom. The van der Waals surface area contributed by atoms with Crippen LogP contribution in [0.4, 0.5) is 0 Å². The summed E-state index contributed by atoms with van der Waals surface area (Å²) in [5, 5.41) is 6.58.